The van der Waals surface area contributed by atoms with E-state index in [1.165, 1.54) is 12.1 Å². The van der Waals surface area contributed by atoms with Gasteiger partial charge in [0.1, 0.15) is 0 Å². The summed E-state index contributed by atoms with van der Waals surface area (Å²) >= 11 is 0. The summed E-state index contributed by atoms with van der Waals surface area (Å²) in [6, 6.07) is 5.27. The molecule has 162 valence electrons. The number of benzene rings is 1. The van der Waals surface area contributed by atoms with E-state index in [4.69, 9.17) is 4.74 Å². The molecule has 0 unspecified atom stereocenters. The van der Waals surface area contributed by atoms with E-state index in [-0.39, 0.29) is 24.0 Å². The molecular weight excluding hydrogens is 484 g/mol. The quantitative estimate of drug-likeness (QED) is 0.205. The molecule has 5 nitrogen and oxygen atoms in total. The van der Waals surface area contributed by atoms with Crippen molar-refractivity contribution < 1.29 is 17.9 Å². The molecule has 1 aromatic rings. The van der Waals surface area contributed by atoms with Crippen LogP contribution in [0.2, 0.25) is 0 Å². The Morgan fingerprint density at radius 2 is 1.82 bits per heavy atom. The number of likely N-dealkylation sites (N-methyl/N-ethyl adjacent to an activating group) is 1. The van der Waals surface area contributed by atoms with Gasteiger partial charge in [0.25, 0.3) is 0 Å². The Morgan fingerprint density at radius 1 is 1.14 bits per heavy atom. The largest absolute Gasteiger partial charge is 0.416 e. The highest BCUT2D eigenvalue weighted by atomic mass is 127. The number of nitrogens with one attached hydrogen (secondary N) is 2. The molecular formula is C19H32F3IN4O. The Labute approximate surface area is 183 Å². The summed E-state index contributed by atoms with van der Waals surface area (Å²) in [5.74, 6) is 0.717. The minimum atomic E-state index is -4.29. The first-order valence-electron chi connectivity index (χ1n) is 9.22. The Balaban J connectivity index is 0.00000729. The molecule has 0 aliphatic heterocycles. The molecule has 0 aromatic heterocycles. The van der Waals surface area contributed by atoms with E-state index in [0.29, 0.717) is 19.5 Å². The highest BCUT2D eigenvalue weighted by molar-refractivity contribution is 14.0. The van der Waals surface area contributed by atoms with Crippen LogP contribution in [-0.2, 0) is 17.3 Å². The van der Waals surface area contributed by atoms with Crippen LogP contribution in [0.4, 0.5) is 13.2 Å². The molecule has 0 saturated heterocycles. The van der Waals surface area contributed by atoms with Gasteiger partial charge in [0.15, 0.2) is 5.96 Å². The predicted molar refractivity (Wildman–Crippen MR) is 119 cm³/mol. The Kier molecular flexibility index (Phi) is 14.3. The number of alkyl halides is 3. The lowest BCUT2D eigenvalue weighted by Crippen LogP contribution is -2.39. The molecule has 0 fully saturated rings. The molecule has 9 heteroatoms. The summed E-state index contributed by atoms with van der Waals surface area (Å²) in [6.07, 6.45) is -2.68. The Bertz CT molecular complexity index is 553. The van der Waals surface area contributed by atoms with Crippen molar-refractivity contribution in [2.45, 2.75) is 25.9 Å². The van der Waals surface area contributed by atoms with Crippen LogP contribution in [0.5, 0.6) is 0 Å². The summed E-state index contributed by atoms with van der Waals surface area (Å²) in [5.41, 5.74) is 0.230. The van der Waals surface area contributed by atoms with Gasteiger partial charge in [0.05, 0.1) is 12.1 Å². The smallest absolute Gasteiger partial charge is 0.385 e. The van der Waals surface area contributed by atoms with Gasteiger partial charge < -0.3 is 20.3 Å². The van der Waals surface area contributed by atoms with Gasteiger partial charge in [-0.1, -0.05) is 12.1 Å². The summed E-state index contributed by atoms with van der Waals surface area (Å²) in [7, 11) is 3.75. The second-order valence-corrected chi connectivity index (χ2v) is 6.28. The average Bonchev–Trinajstić information content (AvgIpc) is 2.61. The summed E-state index contributed by atoms with van der Waals surface area (Å²) in [5, 5.41) is 6.39. The lowest BCUT2D eigenvalue weighted by atomic mass is 10.1. The van der Waals surface area contributed by atoms with Crippen molar-refractivity contribution in [3.05, 3.63) is 35.4 Å². The van der Waals surface area contributed by atoms with Crippen molar-refractivity contribution in [1.82, 2.24) is 15.5 Å². The summed E-state index contributed by atoms with van der Waals surface area (Å²) < 4.78 is 42.8. The lowest BCUT2D eigenvalue weighted by molar-refractivity contribution is -0.137. The number of rotatable bonds is 11. The molecule has 0 aliphatic carbocycles. The predicted octanol–water partition coefficient (Wildman–Crippen LogP) is 3.39. The van der Waals surface area contributed by atoms with Gasteiger partial charge in [-0.2, -0.15) is 13.2 Å². The first kappa shape index (κ1) is 26.9. The molecule has 0 spiro atoms. The van der Waals surface area contributed by atoms with Crippen molar-refractivity contribution in [2.24, 2.45) is 4.99 Å². The van der Waals surface area contributed by atoms with Crippen LogP contribution < -0.4 is 10.6 Å². The molecule has 0 amide bonds. The first-order chi connectivity index (χ1) is 12.9. The van der Waals surface area contributed by atoms with Crippen molar-refractivity contribution in [2.75, 3.05) is 53.5 Å². The van der Waals surface area contributed by atoms with E-state index >= 15 is 0 Å². The topological polar surface area (TPSA) is 48.9 Å². The molecule has 1 rings (SSSR count). The SMILES string of the molecule is CCNC(=NCCN(C)CCCOC)NCCc1ccc(C(F)(F)F)cc1.I. The molecule has 0 atom stereocenters. The van der Waals surface area contributed by atoms with Crippen molar-refractivity contribution in [3.8, 4) is 0 Å². The number of methoxy groups -OCH3 is 1. The van der Waals surface area contributed by atoms with Crippen LogP contribution in [0.25, 0.3) is 0 Å². The zero-order valence-corrected chi connectivity index (χ0v) is 19.1. The fraction of sp³-hybridized carbons (Fsp3) is 0.632. The van der Waals surface area contributed by atoms with Crippen molar-refractivity contribution in [1.29, 1.82) is 0 Å². The molecule has 0 radical (unpaired) electrons. The number of ether oxygens (including phenoxy) is 1. The van der Waals surface area contributed by atoms with Gasteiger partial charge >= 0.3 is 6.18 Å². The average molecular weight is 516 g/mol. The van der Waals surface area contributed by atoms with Crippen LogP contribution in [0.3, 0.4) is 0 Å². The standard InChI is InChI=1S/C19H31F3N4O.HI/c1-4-23-18(25-12-14-26(2)13-5-15-27-3)24-11-10-16-6-8-17(9-7-16)19(20,21)22;/h6-9H,4-5,10-15H2,1-3H3,(H2,23,24,25);1H. The van der Waals surface area contributed by atoms with Gasteiger partial charge in [0, 0.05) is 39.9 Å². The van der Waals surface area contributed by atoms with Gasteiger partial charge in [-0.15, -0.1) is 24.0 Å². The molecule has 0 aliphatic rings. The van der Waals surface area contributed by atoms with Crippen LogP contribution in [-0.4, -0.2) is 64.3 Å². The molecule has 0 saturated carbocycles. The Hall–Kier alpha value is -1.07. The summed E-state index contributed by atoms with van der Waals surface area (Å²) in [6.45, 7) is 6.56. The van der Waals surface area contributed by atoms with E-state index in [9.17, 15) is 13.2 Å². The zero-order valence-electron chi connectivity index (χ0n) is 16.8. The number of hydrogen-bond donors (Lipinski definition) is 2. The van der Waals surface area contributed by atoms with Crippen molar-refractivity contribution in [3.63, 3.8) is 0 Å². The third kappa shape index (κ3) is 11.7. The lowest BCUT2D eigenvalue weighted by Gasteiger charge is -2.16. The Morgan fingerprint density at radius 3 is 2.39 bits per heavy atom. The highest BCUT2D eigenvalue weighted by Gasteiger charge is 2.29. The van der Waals surface area contributed by atoms with Crippen LogP contribution in [0.1, 0.15) is 24.5 Å². The molecule has 1 aromatic carbocycles. The van der Waals surface area contributed by atoms with Gasteiger partial charge in [-0.3, -0.25) is 4.99 Å². The molecule has 0 heterocycles. The molecule has 28 heavy (non-hydrogen) atoms. The van der Waals surface area contributed by atoms with Gasteiger partial charge in [0.2, 0.25) is 0 Å². The maximum Gasteiger partial charge on any atom is 0.416 e. The third-order valence-corrected chi connectivity index (χ3v) is 3.97. The maximum atomic E-state index is 12.6. The monoisotopic (exact) mass is 516 g/mol. The first-order valence-corrected chi connectivity index (χ1v) is 9.22. The third-order valence-electron chi connectivity index (χ3n) is 3.97. The van der Waals surface area contributed by atoms with E-state index < -0.39 is 11.7 Å². The molecule has 2 N–H and O–H groups in total. The zero-order chi connectivity index (χ0) is 20.1. The van der Waals surface area contributed by atoms with E-state index in [2.05, 4.69) is 27.6 Å². The van der Waals surface area contributed by atoms with Gasteiger partial charge in [-0.05, 0) is 44.5 Å². The van der Waals surface area contributed by atoms with Crippen LogP contribution in [0, 0.1) is 0 Å². The second-order valence-electron chi connectivity index (χ2n) is 6.28. The number of hydrogen-bond acceptors (Lipinski definition) is 3. The number of aliphatic imine (C=N–C) groups is 1. The van der Waals surface area contributed by atoms with Crippen LogP contribution >= 0.6 is 24.0 Å². The summed E-state index contributed by atoms with van der Waals surface area (Å²) in [4.78, 5) is 6.73. The van der Waals surface area contributed by atoms with E-state index in [1.54, 1.807) is 7.11 Å². The highest BCUT2D eigenvalue weighted by Crippen LogP contribution is 2.29. The van der Waals surface area contributed by atoms with Crippen molar-refractivity contribution >= 4 is 29.9 Å². The number of nitrogens with zero attached hydrogens (tertiary/aromatic N) is 2. The second kappa shape index (κ2) is 14.9. The van der Waals surface area contributed by atoms with Gasteiger partial charge in [-0.25, -0.2) is 0 Å². The minimum Gasteiger partial charge on any atom is -0.385 e. The fourth-order valence-corrected chi connectivity index (χ4v) is 2.45. The van der Waals surface area contributed by atoms with Crippen LogP contribution in [0.15, 0.2) is 29.3 Å². The molecule has 0 bridgehead atoms. The van der Waals surface area contributed by atoms with E-state index in [1.807, 2.05) is 6.92 Å². The normalized spacial score (nSPS) is 12.0. The maximum absolute atomic E-state index is 12.6. The minimum absolute atomic E-state index is 0. The van der Waals surface area contributed by atoms with E-state index in [0.717, 1.165) is 56.3 Å². The number of guanidine groups is 1. The fourth-order valence-electron chi connectivity index (χ4n) is 2.45. The number of halogens is 4.